The molecule has 1 saturated heterocycles. The lowest BCUT2D eigenvalue weighted by Crippen LogP contribution is -2.27. The van der Waals surface area contributed by atoms with E-state index >= 15 is 0 Å². The van der Waals surface area contributed by atoms with Crippen LogP contribution in [0.4, 0.5) is 5.69 Å². The zero-order valence-electron chi connectivity index (χ0n) is 18.6. The van der Waals surface area contributed by atoms with Crippen molar-refractivity contribution in [2.24, 2.45) is 0 Å². The Bertz CT molecular complexity index is 1270. The summed E-state index contributed by atoms with van der Waals surface area (Å²) in [6.45, 7) is 3.12. The van der Waals surface area contributed by atoms with Crippen LogP contribution >= 0.6 is 0 Å². The molecule has 33 heavy (non-hydrogen) atoms. The molecule has 0 radical (unpaired) electrons. The van der Waals surface area contributed by atoms with Crippen molar-refractivity contribution in [2.75, 3.05) is 18.1 Å². The number of fused-ring (bicyclic) bond motifs is 1. The molecule has 1 fully saturated rings. The van der Waals surface area contributed by atoms with Crippen molar-refractivity contribution in [1.29, 1.82) is 0 Å². The number of aryl methyl sites for hydroxylation is 1. The predicted molar refractivity (Wildman–Crippen MR) is 129 cm³/mol. The first-order valence-electron chi connectivity index (χ1n) is 11.3. The molecule has 1 N–H and O–H groups in total. The van der Waals surface area contributed by atoms with Crippen LogP contribution in [0.2, 0.25) is 0 Å². The molecule has 0 bridgehead atoms. The Labute approximate surface area is 193 Å². The molecule has 1 aliphatic heterocycles. The quantitative estimate of drug-likeness (QED) is 0.464. The maximum Gasteiger partial charge on any atom is 0.227 e. The lowest BCUT2D eigenvalue weighted by Gasteiger charge is -2.20. The van der Waals surface area contributed by atoms with Crippen molar-refractivity contribution in [1.82, 2.24) is 9.55 Å². The van der Waals surface area contributed by atoms with Crippen molar-refractivity contribution >= 4 is 22.6 Å². The fourth-order valence-corrected chi connectivity index (χ4v) is 4.55. The van der Waals surface area contributed by atoms with E-state index in [1.54, 1.807) is 0 Å². The first kappa shape index (κ1) is 21.2. The second-order valence-electron chi connectivity index (χ2n) is 8.54. The van der Waals surface area contributed by atoms with Crippen LogP contribution in [-0.2, 0) is 11.3 Å². The molecule has 2 heterocycles. The maximum absolute atomic E-state index is 12.9. The number of ether oxygens (including phenoxy) is 1. The molecule has 6 nitrogen and oxygen atoms in total. The minimum atomic E-state index is -0.717. The SMILES string of the molecule is Cc1ccccc1N1C[C@H](c2nc3ccccc3n2C[C@H](O)COc2ccccc2)CC1=O. The van der Waals surface area contributed by atoms with Gasteiger partial charge in [-0.25, -0.2) is 4.98 Å². The first-order chi connectivity index (χ1) is 16.1. The summed E-state index contributed by atoms with van der Waals surface area (Å²) in [6.07, 6.45) is -0.319. The van der Waals surface area contributed by atoms with Gasteiger partial charge in [-0.2, -0.15) is 0 Å². The van der Waals surface area contributed by atoms with Gasteiger partial charge in [-0.1, -0.05) is 48.5 Å². The number of imidazole rings is 1. The number of amides is 1. The summed E-state index contributed by atoms with van der Waals surface area (Å²) < 4.78 is 7.80. The van der Waals surface area contributed by atoms with Gasteiger partial charge in [-0.15, -0.1) is 0 Å². The average molecular weight is 442 g/mol. The largest absolute Gasteiger partial charge is 0.491 e. The Morgan fingerprint density at radius 3 is 2.58 bits per heavy atom. The number of hydrogen-bond acceptors (Lipinski definition) is 4. The third-order valence-corrected chi connectivity index (χ3v) is 6.16. The molecule has 5 rings (SSSR count). The van der Waals surface area contributed by atoms with Crippen LogP contribution in [0.1, 0.15) is 23.7 Å². The van der Waals surface area contributed by atoms with E-state index in [1.807, 2.05) is 95.3 Å². The van der Waals surface area contributed by atoms with Crippen LogP contribution in [-0.4, -0.2) is 39.8 Å². The summed E-state index contributed by atoms with van der Waals surface area (Å²) in [5, 5.41) is 10.8. The minimum absolute atomic E-state index is 0.0493. The van der Waals surface area contributed by atoms with Crippen molar-refractivity contribution in [2.45, 2.75) is 31.9 Å². The van der Waals surface area contributed by atoms with Gasteiger partial charge in [0, 0.05) is 24.6 Å². The van der Waals surface area contributed by atoms with E-state index in [0.29, 0.717) is 19.5 Å². The zero-order chi connectivity index (χ0) is 22.8. The molecule has 0 aliphatic carbocycles. The second kappa shape index (κ2) is 9.08. The number of hydrogen-bond donors (Lipinski definition) is 1. The summed E-state index contributed by atoms with van der Waals surface area (Å²) in [4.78, 5) is 19.7. The number of para-hydroxylation sites is 4. The van der Waals surface area contributed by atoms with Crippen LogP contribution in [0.15, 0.2) is 78.9 Å². The first-order valence-corrected chi connectivity index (χ1v) is 11.3. The van der Waals surface area contributed by atoms with Crippen molar-refractivity contribution < 1.29 is 14.6 Å². The van der Waals surface area contributed by atoms with Gasteiger partial charge in [-0.05, 0) is 42.8 Å². The molecular weight excluding hydrogens is 414 g/mol. The number of rotatable bonds is 7. The van der Waals surface area contributed by atoms with E-state index < -0.39 is 6.10 Å². The highest BCUT2D eigenvalue weighted by atomic mass is 16.5. The number of carbonyl (C=O) groups excluding carboxylic acids is 1. The molecule has 6 heteroatoms. The second-order valence-corrected chi connectivity index (χ2v) is 8.54. The molecule has 0 unspecified atom stereocenters. The number of aliphatic hydroxyl groups is 1. The molecule has 168 valence electrons. The Morgan fingerprint density at radius 2 is 1.76 bits per heavy atom. The molecule has 3 aromatic carbocycles. The monoisotopic (exact) mass is 441 g/mol. The molecular formula is C27H27N3O3. The Balaban J connectivity index is 1.40. The van der Waals surface area contributed by atoms with Gasteiger partial charge in [0.1, 0.15) is 24.3 Å². The number of aliphatic hydroxyl groups excluding tert-OH is 1. The van der Waals surface area contributed by atoms with Gasteiger partial charge in [0.05, 0.1) is 17.6 Å². The van der Waals surface area contributed by atoms with Gasteiger partial charge in [-0.3, -0.25) is 4.79 Å². The lowest BCUT2D eigenvalue weighted by atomic mass is 10.1. The fraction of sp³-hybridized carbons (Fsp3) is 0.259. The summed E-state index contributed by atoms with van der Waals surface area (Å²) in [7, 11) is 0. The molecule has 1 aliphatic rings. The van der Waals surface area contributed by atoms with Crippen LogP contribution in [0.5, 0.6) is 5.75 Å². The van der Waals surface area contributed by atoms with Crippen molar-refractivity contribution in [3.63, 3.8) is 0 Å². The van der Waals surface area contributed by atoms with Crippen LogP contribution in [0.3, 0.4) is 0 Å². The zero-order valence-corrected chi connectivity index (χ0v) is 18.6. The van der Waals surface area contributed by atoms with Gasteiger partial charge in [0.25, 0.3) is 0 Å². The minimum Gasteiger partial charge on any atom is -0.491 e. The number of anilines is 1. The number of benzene rings is 3. The molecule has 1 aromatic heterocycles. The summed E-state index contributed by atoms with van der Waals surface area (Å²) in [6, 6.07) is 25.3. The third-order valence-electron chi connectivity index (χ3n) is 6.16. The lowest BCUT2D eigenvalue weighted by molar-refractivity contribution is -0.117. The Morgan fingerprint density at radius 1 is 1.03 bits per heavy atom. The Kier molecular flexibility index (Phi) is 5.84. The van der Waals surface area contributed by atoms with Crippen LogP contribution in [0.25, 0.3) is 11.0 Å². The van der Waals surface area contributed by atoms with Gasteiger partial charge in [0.2, 0.25) is 5.91 Å². The van der Waals surface area contributed by atoms with E-state index in [9.17, 15) is 9.90 Å². The fourth-order valence-electron chi connectivity index (χ4n) is 4.55. The highest BCUT2D eigenvalue weighted by Gasteiger charge is 2.35. The predicted octanol–water partition coefficient (Wildman–Crippen LogP) is 4.31. The van der Waals surface area contributed by atoms with E-state index in [4.69, 9.17) is 9.72 Å². The Hall–Kier alpha value is -3.64. The van der Waals surface area contributed by atoms with Crippen LogP contribution < -0.4 is 9.64 Å². The third kappa shape index (κ3) is 4.34. The molecule has 0 saturated carbocycles. The van der Waals surface area contributed by atoms with Crippen molar-refractivity contribution in [3.8, 4) is 5.75 Å². The highest BCUT2D eigenvalue weighted by Crippen LogP contribution is 2.34. The van der Waals surface area contributed by atoms with Crippen LogP contribution in [0, 0.1) is 6.92 Å². The normalized spacial score (nSPS) is 17.0. The van der Waals surface area contributed by atoms with Gasteiger partial charge < -0.3 is 19.3 Å². The van der Waals surface area contributed by atoms with E-state index in [2.05, 4.69) is 0 Å². The topological polar surface area (TPSA) is 67.6 Å². The molecule has 1 amide bonds. The summed E-state index contributed by atoms with van der Waals surface area (Å²) >= 11 is 0. The van der Waals surface area contributed by atoms with Crippen molar-refractivity contribution in [3.05, 3.63) is 90.3 Å². The highest BCUT2D eigenvalue weighted by molar-refractivity contribution is 5.97. The van der Waals surface area contributed by atoms with E-state index in [0.717, 1.165) is 33.9 Å². The van der Waals surface area contributed by atoms with E-state index in [1.165, 1.54) is 0 Å². The molecule has 0 spiro atoms. The van der Waals surface area contributed by atoms with E-state index in [-0.39, 0.29) is 18.4 Å². The maximum atomic E-state index is 12.9. The van der Waals surface area contributed by atoms with Gasteiger partial charge in [0.15, 0.2) is 0 Å². The molecule has 4 aromatic rings. The smallest absolute Gasteiger partial charge is 0.227 e. The summed E-state index contributed by atoms with van der Waals surface area (Å²) in [5.74, 6) is 1.61. The molecule has 2 atom stereocenters. The number of aromatic nitrogens is 2. The average Bonchev–Trinajstić information content (AvgIpc) is 3.39. The summed E-state index contributed by atoms with van der Waals surface area (Å²) in [5.41, 5.74) is 3.84. The van der Waals surface area contributed by atoms with Gasteiger partial charge >= 0.3 is 0 Å². The number of nitrogens with zero attached hydrogens (tertiary/aromatic N) is 3. The number of carbonyl (C=O) groups is 1. The standard InChI is InChI=1S/C27H27N3O3/c1-19-9-5-7-13-24(19)29-16-20(15-26(29)32)27-28-23-12-6-8-14-25(23)30(27)17-21(31)18-33-22-10-3-2-4-11-22/h2-14,20-21,31H,15-18H2,1H3/t20-,21+/m1/s1.